The number of ether oxygens (including phenoxy) is 1. The van der Waals surface area contributed by atoms with E-state index in [-0.39, 0.29) is 28.4 Å². The number of benzene rings is 2. The van der Waals surface area contributed by atoms with Gasteiger partial charge in [0.05, 0.1) is 29.4 Å². The number of nitrogens with zero attached hydrogens (tertiary/aromatic N) is 2. The minimum atomic E-state index is -0.731. The van der Waals surface area contributed by atoms with Crippen molar-refractivity contribution >= 4 is 17.8 Å². The molecule has 9 nitrogen and oxygen atoms in total. The van der Waals surface area contributed by atoms with Gasteiger partial charge in [0.15, 0.2) is 5.75 Å². The summed E-state index contributed by atoms with van der Waals surface area (Å²) in [5, 5.41) is 33.9. The first-order chi connectivity index (χ1) is 11.5. The normalized spacial score (nSPS) is 10.5. The number of nitro benzene ring substituents is 1. The van der Waals surface area contributed by atoms with E-state index in [4.69, 9.17) is 4.74 Å². The molecule has 0 bridgehead atoms. The van der Waals surface area contributed by atoms with Gasteiger partial charge in [-0.25, -0.2) is 5.43 Å². The monoisotopic (exact) mass is 331 g/mol. The van der Waals surface area contributed by atoms with Gasteiger partial charge in [-0.15, -0.1) is 0 Å². The topological polar surface area (TPSA) is 134 Å². The van der Waals surface area contributed by atoms with E-state index in [2.05, 4.69) is 10.5 Å². The summed E-state index contributed by atoms with van der Waals surface area (Å²) in [5.41, 5.74) is 1.69. The Morgan fingerprint density at radius 3 is 2.58 bits per heavy atom. The Morgan fingerprint density at radius 1 is 1.25 bits per heavy atom. The average Bonchev–Trinajstić information content (AvgIpc) is 2.55. The first-order valence-corrected chi connectivity index (χ1v) is 6.61. The maximum absolute atomic E-state index is 11.9. The number of carbonyl (C=O) groups is 1. The lowest BCUT2D eigenvalue weighted by Gasteiger charge is -2.06. The second kappa shape index (κ2) is 7.09. The van der Waals surface area contributed by atoms with E-state index in [0.29, 0.717) is 0 Å². The lowest BCUT2D eigenvalue weighted by atomic mass is 10.1. The minimum Gasteiger partial charge on any atom is -0.507 e. The Bertz CT molecular complexity index is 819. The number of para-hydroxylation sites is 1. The third-order valence-corrected chi connectivity index (χ3v) is 3.05. The lowest BCUT2D eigenvalue weighted by Crippen LogP contribution is -2.17. The highest BCUT2D eigenvalue weighted by Gasteiger charge is 2.23. The molecule has 2 rings (SSSR count). The van der Waals surface area contributed by atoms with E-state index in [0.717, 1.165) is 6.21 Å². The molecule has 1 amide bonds. The SMILES string of the molecule is COc1c(O)ccc(/C=N/NC(=O)c2ccccc2O)c1[N+](=O)[O-]. The summed E-state index contributed by atoms with van der Waals surface area (Å²) in [4.78, 5) is 22.3. The van der Waals surface area contributed by atoms with Crippen LogP contribution in [0.15, 0.2) is 41.5 Å². The standard InChI is InChI=1S/C15H13N3O6/c1-24-14-12(20)7-6-9(13(14)18(22)23)8-16-17-15(21)10-4-2-3-5-11(10)19/h2-8,19-20H,1H3,(H,17,21)/b16-8+. The molecule has 0 atom stereocenters. The van der Waals surface area contributed by atoms with E-state index < -0.39 is 16.5 Å². The van der Waals surface area contributed by atoms with Crippen LogP contribution in [0.4, 0.5) is 5.69 Å². The smallest absolute Gasteiger partial charge is 0.323 e. The highest BCUT2D eigenvalue weighted by atomic mass is 16.6. The molecule has 124 valence electrons. The van der Waals surface area contributed by atoms with Gasteiger partial charge in [0.1, 0.15) is 5.75 Å². The van der Waals surface area contributed by atoms with Gasteiger partial charge in [-0.2, -0.15) is 5.10 Å². The van der Waals surface area contributed by atoms with Crippen molar-refractivity contribution in [2.45, 2.75) is 0 Å². The molecular weight excluding hydrogens is 318 g/mol. The number of aromatic hydroxyl groups is 2. The molecule has 3 N–H and O–H groups in total. The second-order valence-corrected chi connectivity index (χ2v) is 4.53. The van der Waals surface area contributed by atoms with Crippen LogP contribution in [0.2, 0.25) is 0 Å². The van der Waals surface area contributed by atoms with Crippen molar-refractivity contribution in [2.24, 2.45) is 5.10 Å². The van der Waals surface area contributed by atoms with Crippen LogP contribution in [0.3, 0.4) is 0 Å². The molecule has 2 aromatic carbocycles. The molecule has 0 saturated heterocycles. The van der Waals surface area contributed by atoms with Gasteiger partial charge < -0.3 is 14.9 Å². The fraction of sp³-hybridized carbons (Fsp3) is 0.0667. The lowest BCUT2D eigenvalue weighted by molar-refractivity contribution is -0.386. The highest BCUT2D eigenvalue weighted by molar-refractivity contribution is 5.97. The van der Waals surface area contributed by atoms with Crippen LogP contribution in [0.5, 0.6) is 17.2 Å². The summed E-state index contributed by atoms with van der Waals surface area (Å²) in [6, 6.07) is 8.32. The van der Waals surface area contributed by atoms with Crippen molar-refractivity contribution in [1.29, 1.82) is 0 Å². The van der Waals surface area contributed by atoms with Gasteiger partial charge in [0.2, 0.25) is 5.75 Å². The van der Waals surface area contributed by atoms with E-state index in [1.54, 1.807) is 12.1 Å². The second-order valence-electron chi connectivity index (χ2n) is 4.53. The van der Waals surface area contributed by atoms with Crippen LogP contribution in [0, 0.1) is 10.1 Å². The number of phenols is 2. The van der Waals surface area contributed by atoms with Crippen molar-refractivity contribution in [2.75, 3.05) is 7.11 Å². The number of amides is 1. The number of hydrogen-bond donors (Lipinski definition) is 3. The van der Waals surface area contributed by atoms with Crippen LogP contribution < -0.4 is 10.2 Å². The number of carbonyl (C=O) groups excluding carboxylic acids is 1. The van der Waals surface area contributed by atoms with Crippen LogP contribution >= 0.6 is 0 Å². The Labute approximate surface area is 136 Å². The average molecular weight is 331 g/mol. The number of hydrogen-bond acceptors (Lipinski definition) is 7. The van der Waals surface area contributed by atoms with Crippen molar-refractivity contribution in [1.82, 2.24) is 5.43 Å². The van der Waals surface area contributed by atoms with Gasteiger partial charge in [0.25, 0.3) is 5.91 Å². The zero-order valence-corrected chi connectivity index (χ0v) is 12.5. The molecule has 24 heavy (non-hydrogen) atoms. The number of hydrazone groups is 1. The summed E-state index contributed by atoms with van der Waals surface area (Å²) >= 11 is 0. The number of phenolic OH excluding ortho intramolecular Hbond substituents is 2. The molecule has 0 radical (unpaired) electrons. The quantitative estimate of drug-likeness (QED) is 0.434. The highest BCUT2D eigenvalue weighted by Crippen LogP contribution is 2.37. The van der Waals surface area contributed by atoms with Gasteiger partial charge in [0, 0.05) is 0 Å². The van der Waals surface area contributed by atoms with Crippen LogP contribution in [0.1, 0.15) is 15.9 Å². The van der Waals surface area contributed by atoms with E-state index in [9.17, 15) is 25.1 Å². The fourth-order valence-corrected chi connectivity index (χ4v) is 1.96. The van der Waals surface area contributed by atoms with Gasteiger partial charge in [-0.3, -0.25) is 14.9 Å². The third kappa shape index (κ3) is 3.40. The molecule has 0 aliphatic heterocycles. The molecule has 0 saturated carbocycles. The fourth-order valence-electron chi connectivity index (χ4n) is 1.96. The Kier molecular flexibility index (Phi) is 4.95. The van der Waals surface area contributed by atoms with Crippen LogP contribution in [-0.2, 0) is 0 Å². The molecule has 9 heteroatoms. The van der Waals surface area contributed by atoms with Crippen molar-refractivity contribution in [3.63, 3.8) is 0 Å². The largest absolute Gasteiger partial charge is 0.507 e. The third-order valence-electron chi connectivity index (χ3n) is 3.05. The number of rotatable bonds is 5. The predicted octanol–water partition coefficient (Wildman–Crippen LogP) is 1.78. The number of nitrogens with one attached hydrogen (secondary N) is 1. The van der Waals surface area contributed by atoms with Crippen LogP contribution in [-0.4, -0.2) is 34.4 Å². The summed E-state index contributed by atoms with van der Waals surface area (Å²) in [5.74, 6) is -1.60. The van der Waals surface area contributed by atoms with E-state index in [1.165, 1.54) is 31.4 Å². The molecule has 0 aliphatic carbocycles. The first-order valence-electron chi connectivity index (χ1n) is 6.61. The zero-order chi connectivity index (χ0) is 17.7. The Morgan fingerprint density at radius 2 is 1.96 bits per heavy atom. The van der Waals surface area contributed by atoms with Gasteiger partial charge in [-0.05, 0) is 24.3 Å². The molecular formula is C15H13N3O6. The summed E-state index contributed by atoms with van der Waals surface area (Å²) in [6.45, 7) is 0. The minimum absolute atomic E-state index is 0.00689. The van der Waals surface area contributed by atoms with Gasteiger partial charge in [-0.1, -0.05) is 12.1 Å². The first kappa shape index (κ1) is 16.7. The molecule has 0 aromatic heterocycles. The van der Waals surface area contributed by atoms with Gasteiger partial charge >= 0.3 is 5.69 Å². The van der Waals surface area contributed by atoms with E-state index in [1.807, 2.05) is 0 Å². The number of methoxy groups -OCH3 is 1. The predicted molar refractivity (Wildman–Crippen MR) is 84.5 cm³/mol. The van der Waals surface area contributed by atoms with Crippen LogP contribution in [0.25, 0.3) is 0 Å². The molecule has 0 unspecified atom stereocenters. The Hall–Kier alpha value is -3.62. The molecule has 0 aliphatic rings. The van der Waals surface area contributed by atoms with E-state index >= 15 is 0 Å². The van der Waals surface area contributed by atoms with Crippen molar-refractivity contribution in [3.8, 4) is 17.2 Å². The molecule has 2 aromatic rings. The maximum atomic E-state index is 11.9. The zero-order valence-electron chi connectivity index (χ0n) is 12.5. The van der Waals surface area contributed by atoms with Crippen molar-refractivity contribution < 1.29 is 24.7 Å². The summed E-state index contributed by atoms with van der Waals surface area (Å²) < 4.78 is 4.82. The van der Waals surface area contributed by atoms with Crippen molar-refractivity contribution in [3.05, 3.63) is 57.6 Å². The maximum Gasteiger partial charge on any atom is 0.323 e. The Balaban J connectivity index is 2.25. The molecule has 0 fully saturated rings. The molecule has 0 spiro atoms. The summed E-state index contributed by atoms with van der Waals surface area (Å²) in [7, 11) is 1.18. The summed E-state index contributed by atoms with van der Waals surface area (Å²) in [6.07, 6.45) is 1.04. The number of nitro groups is 1. The molecule has 0 heterocycles.